The van der Waals surface area contributed by atoms with E-state index in [9.17, 15) is 10.1 Å². The molecule has 4 heteroatoms. The quantitative estimate of drug-likeness (QED) is 0.559. The summed E-state index contributed by atoms with van der Waals surface area (Å²) >= 11 is 0. The highest BCUT2D eigenvalue weighted by Crippen LogP contribution is 2.29. The van der Waals surface area contributed by atoms with Crippen molar-refractivity contribution in [3.63, 3.8) is 0 Å². The van der Waals surface area contributed by atoms with Gasteiger partial charge in [-0.2, -0.15) is 0 Å². The molecule has 0 fully saturated rings. The van der Waals surface area contributed by atoms with Crippen molar-refractivity contribution >= 4 is 11.4 Å². The minimum atomic E-state index is -0.393. The number of benzene rings is 1. The molecule has 1 aromatic carbocycles. The second-order valence-electron chi connectivity index (χ2n) is 2.75. The molecule has 0 heterocycles. The number of nitrogens with zero attached hydrogens (tertiary/aromatic N) is 1. The third-order valence-electron chi connectivity index (χ3n) is 2.00. The summed E-state index contributed by atoms with van der Waals surface area (Å²) in [4.78, 5) is 10.3. The van der Waals surface area contributed by atoms with E-state index in [4.69, 9.17) is 0 Å². The number of nitro groups is 1. The van der Waals surface area contributed by atoms with E-state index < -0.39 is 4.92 Å². The van der Waals surface area contributed by atoms with Crippen LogP contribution in [0.5, 0.6) is 0 Å². The van der Waals surface area contributed by atoms with Crippen molar-refractivity contribution in [3.05, 3.63) is 40.3 Å². The minimum Gasteiger partial charge on any atom is -0.383 e. The predicted molar refractivity (Wildman–Crippen MR) is 51.8 cm³/mol. The molecule has 0 amide bonds. The molecule has 0 saturated carbocycles. The average Bonchev–Trinajstić information content (AvgIpc) is 2.08. The molecular weight excluding hydrogens is 168 g/mol. The van der Waals surface area contributed by atoms with E-state index in [2.05, 4.69) is 12.2 Å². The van der Waals surface area contributed by atoms with E-state index in [1.165, 1.54) is 0 Å². The first-order valence-corrected chi connectivity index (χ1v) is 3.85. The lowest BCUT2D eigenvalue weighted by Crippen LogP contribution is -2.00. The Morgan fingerprint density at radius 3 is 2.62 bits per heavy atom. The molecular formula is C9H11N2O2. The Balaban J connectivity index is 3.41. The van der Waals surface area contributed by atoms with E-state index in [0.29, 0.717) is 16.8 Å². The summed E-state index contributed by atoms with van der Waals surface area (Å²) in [6.45, 7) is 5.40. The van der Waals surface area contributed by atoms with Crippen LogP contribution in [-0.2, 0) is 0 Å². The number of nitro benzene ring substituents is 1. The summed E-state index contributed by atoms with van der Waals surface area (Å²) < 4.78 is 0. The van der Waals surface area contributed by atoms with E-state index in [0.717, 1.165) is 0 Å². The zero-order valence-corrected chi connectivity index (χ0v) is 7.63. The van der Waals surface area contributed by atoms with Gasteiger partial charge in [-0.25, -0.2) is 0 Å². The molecule has 1 radical (unpaired) electrons. The molecule has 0 aliphatic rings. The first-order valence-electron chi connectivity index (χ1n) is 3.85. The summed E-state index contributed by atoms with van der Waals surface area (Å²) in [5.74, 6) is 0. The molecule has 0 saturated heterocycles. The van der Waals surface area contributed by atoms with Gasteiger partial charge in [0.15, 0.2) is 0 Å². The molecule has 0 aromatic heterocycles. The number of nitrogens with one attached hydrogen (secondary N) is 1. The van der Waals surface area contributed by atoms with Gasteiger partial charge in [-0.15, -0.1) is 0 Å². The van der Waals surface area contributed by atoms with Crippen molar-refractivity contribution < 1.29 is 4.92 Å². The van der Waals surface area contributed by atoms with Gasteiger partial charge in [0.2, 0.25) is 0 Å². The maximum atomic E-state index is 10.7. The molecule has 0 atom stereocenters. The first kappa shape index (κ1) is 9.51. The lowest BCUT2D eigenvalue weighted by molar-refractivity contribution is -0.384. The Bertz CT molecular complexity index is 348. The highest BCUT2D eigenvalue weighted by atomic mass is 16.6. The van der Waals surface area contributed by atoms with Crippen molar-refractivity contribution in [1.82, 2.24) is 0 Å². The van der Waals surface area contributed by atoms with Crippen LogP contribution in [0.4, 0.5) is 11.4 Å². The van der Waals surface area contributed by atoms with Crippen LogP contribution >= 0.6 is 0 Å². The Kier molecular flexibility index (Phi) is 2.51. The lowest BCUT2D eigenvalue weighted by Gasteiger charge is -2.06. The second kappa shape index (κ2) is 3.43. The van der Waals surface area contributed by atoms with Crippen molar-refractivity contribution in [3.8, 4) is 0 Å². The van der Waals surface area contributed by atoms with Gasteiger partial charge >= 0.3 is 0 Å². The number of hydrogen-bond acceptors (Lipinski definition) is 3. The predicted octanol–water partition coefficient (Wildman–Crippen LogP) is 2.13. The maximum absolute atomic E-state index is 10.7. The first-order chi connectivity index (χ1) is 6.07. The number of hydrogen-bond donors (Lipinski definition) is 1. The monoisotopic (exact) mass is 179 g/mol. The Labute approximate surface area is 76.7 Å². The largest absolute Gasteiger partial charge is 0.383 e. The lowest BCUT2D eigenvalue weighted by atomic mass is 10.1. The van der Waals surface area contributed by atoms with Crippen molar-refractivity contribution in [2.45, 2.75) is 6.92 Å². The molecule has 0 unspecified atom stereocenters. The Morgan fingerprint density at radius 2 is 2.15 bits per heavy atom. The van der Waals surface area contributed by atoms with Crippen LogP contribution in [0.25, 0.3) is 0 Å². The summed E-state index contributed by atoms with van der Waals surface area (Å²) in [5.41, 5.74) is 1.92. The summed E-state index contributed by atoms with van der Waals surface area (Å²) in [6.07, 6.45) is 0. The molecule has 0 aliphatic carbocycles. The standard InChI is InChI=1S/C9H11N2O2/c1-6-4-5-8(10-3)9(7(6)2)11(12)13/h4-5,10H,1H2,2-3H3. The van der Waals surface area contributed by atoms with Crippen molar-refractivity contribution in [2.75, 3.05) is 12.4 Å². The van der Waals surface area contributed by atoms with Crippen molar-refractivity contribution in [1.29, 1.82) is 0 Å². The fourth-order valence-electron chi connectivity index (χ4n) is 1.18. The molecule has 1 aromatic rings. The van der Waals surface area contributed by atoms with Gasteiger partial charge in [0, 0.05) is 12.6 Å². The van der Waals surface area contributed by atoms with Crippen LogP contribution in [0.2, 0.25) is 0 Å². The van der Waals surface area contributed by atoms with Crippen LogP contribution in [0.15, 0.2) is 12.1 Å². The van der Waals surface area contributed by atoms with Gasteiger partial charge in [-0.3, -0.25) is 10.1 Å². The molecule has 4 nitrogen and oxygen atoms in total. The smallest absolute Gasteiger partial charge is 0.295 e. The second-order valence-corrected chi connectivity index (χ2v) is 2.75. The summed E-state index contributed by atoms with van der Waals surface area (Å²) in [7, 11) is 1.66. The van der Waals surface area contributed by atoms with Gasteiger partial charge in [0.1, 0.15) is 5.69 Å². The third-order valence-corrected chi connectivity index (χ3v) is 2.00. The minimum absolute atomic E-state index is 0.106. The van der Waals surface area contributed by atoms with E-state index in [-0.39, 0.29) is 5.69 Å². The Morgan fingerprint density at radius 1 is 1.54 bits per heavy atom. The molecule has 1 rings (SSSR count). The van der Waals surface area contributed by atoms with E-state index in [1.54, 1.807) is 26.1 Å². The number of anilines is 1. The number of rotatable bonds is 2. The van der Waals surface area contributed by atoms with E-state index >= 15 is 0 Å². The third kappa shape index (κ3) is 1.61. The fraction of sp³-hybridized carbons (Fsp3) is 0.222. The molecule has 1 N–H and O–H groups in total. The molecule has 0 spiro atoms. The average molecular weight is 179 g/mol. The Hall–Kier alpha value is -1.58. The fourth-order valence-corrected chi connectivity index (χ4v) is 1.18. The normalized spacial score (nSPS) is 9.77. The van der Waals surface area contributed by atoms with Gasteiger partial charge < -0.3 is 5.32 Å². The highest BCUT2D eigenvalue weighted by Gasteiger charge is 2.17. The van der Waals surface area contributed by atoms with Crippen molar-refractivity contribution in [2.24, 2.45) is 0 Å². The zero-order chi connectivity index (χ0) is 10.0. The van der Waals surface area contributed by atoms with Gasteiger partial charge in [0.05, 0.1) is 4.92 Å². The van der Waals surface area contributed by atoms with Crippen LogP contribution < -0.4 is 5.32 Å². The molecule has 13 heavy (non-hydrogen) atoms. The highest BCUT2D eigenvalue weighted by molar-refractivity contribution is 5.67. The van der Waals surface area contributed by atoms with Crippen LogP contribution in [0.3, 0.4) is 0 Å². The SMILES string of the molecule is [CH2]c1ccc(NC)c([N+](=O)[O-])c1C. The van der Waals surface area contributed by atoms with E-state index in [1.807, 2.05) is 0 Å². The maximum Gasteiger partial charge on any atom is 0.295 e. The van der Waals surface area contributed by atoms with Crippen LogP contribution in [0.1, 0.15) is 11.1 Å². The van der Waals surface area contributed by atoms with Crippen LogP contribution in [0, 0.1) is 24.0 Å². The van der Waals surface area contributed by atoms with Gasteiger partial charge in [-0.05, 0) is 25.5 Å². The molecule has 69 valence electrons. The molecule has 0 aliphatic heterocycles. The topological polar surface area (TPSA) is 55.2 Å². The van der Waals surface area contributed by atoms with Gasteiger partial charge in [0.25, 0.3) is 5.69 Å². The van der Waals surface area contributed by atoms with Crippen LogP contribution in [-0.4, -0.2) is 12.0 Å². The zero-order valence-electron chi connectivity index (χ0n) is 7.63. The molecule has 0 bridgehead atoms. The summed E-state index contributed by atoms with van der Waals surface area (Å²) in [5, 5.41) is 13.5. The summed E-state index contributed by atoms with van der Waals surface area (Å²) in [6, 6.07) is 3.42. The van der Waals surface area contributed by atoms with Gasteiger partial charge in [-0.1, -0.05) is 6.07 Å².